The molecule has 3 aliphatic heterocycles. The zero-order valence-corrected chi connectivity index (χ0v) is 30.4. The number of pyridine rings is 1. The molecule has 4 aliphatic rings. The number of hydrogen-bond donors (Lipinski definition) is 1. The number of aryl methyl sites for hydroxylation is 1. The number of ether oxygens (including phenoxy) is 4. The van der Waals surface area contributed by atoms with Crippen molar-refractivity contribution in [2.45, 2.75) is 89.5 Å². The Kier molecular flexibility index (Phi) is 9.92. The molecule has 52 heavy (non-hydrogen) atoms. The van der Waals surface area contributed by atoms with Crippen molar-refractivity contribution in [2.24, 2.45) is 5.41 Å². The summed E-state index contributed by atoms with van der Waals surface area (Å²) >= 11 is 0. The highest BCUT2D eigenvalue weighted by atomic mass is 19.1. The fourth-order valence-corrected chi connectivity index (χ4v) is 9.50. The van der Waals surface area contributed by atoms with E-state index in [0.717, 1.165) is 63.5 Å². The van der Waals surface area contributed by atoms with E-state index in [2.05, 4.69) is 16.8 Å². The predicted octanol–water partition coefficient (Wildman–Crippen LogP) is 6.47. The summed E-state index contributed by atoms with van der Waals surface area (Å²) in [5.74, 6) is -0.0827. The van der Waals surface area contributed by atoms with Gasteiger partial charge in [0.1, 0.15) is 28.6 Å². The number of aliphatic hydroxyl groups is 1. The monoisotopic (exact) mass is 717 g/mol. The highest BCUT2D eigenvalue weighted by Crippen LogP contribution is 2.49. The number of halogens is 2. The zero-order valence-electron chi connectivity index (χ0n) is 30.4. The van der Waals surface area contributed by atoms with Gasteiger partial charge in [-0.3, -0.25) is 9.88 Å². The second-order valence-corrected chi connectivity index (χ2v) is 15.1. The van der Waals surface area contributed by atoms with Crippen molar-refractivity contribution in [3.8, 4) is 23.0 Å². The molecule has 0 spiro atoms. The molecule has 4 aromatic rings. The topological polar surface area (TPSA) is 102 Å². The Bertz CT molecular complexity index is 1950. The van der Waals surface area contributed by atoms with Gasteiger partial charge in [0, 0.05) is 49.0 Å². The average Bonchev–Trinajstić information content (AvgIpc) is 3.47. The normalized spacial score (nSPS) is 27.2. The first-order chi connectivity index (χ1) is 25.3. The van der Waals surface area contributed by atoms with Crippen LogP contribution in [0.4, 0.5) is 14.6 Å². The molecule has 0 amide bonds. The number of methoxy groups -OCH3 is 1. The summed E-state index contributed by atoms with van der Waals surface area (Å²) in [4.78, 5) is 18.9. The summed E-state index contributed by atoms with van der Waals surface area (Å²) in [7, 11) is 1.55. The Morgan fingerprint density at radius 2 is 1.94 bits per heavy atom. The number of nitrogens with zero attached hydrogens (tertiary/aromatic N) is 5. The maximum Gasteiger partial charge on any atom is 0.319 e. The number of rotatable bonds is 8. The van der Waals surface area contributed by atoms with E-state index >= 15 is 8.78 Å². The largest absolute Gasteiger partial charge is 0.497 e. The summed E-state index contributed by atoms with van der Waals surface area (Å²) in [6.45, 7) is 7.63. The van der Waals surface area contributed by atoms with Gasteiger partial charge in [0.2, 0.25) is 0 Å². The molecule has 5 unspecified atom stereocenters. The van der Waals surface area contributed by atoms with Crippen molar-refractivity contribution in [3.63, 3.8) is 0 Å². The fourth-order valence-electron chi connectivity index (χ4n) is 9.50. The summed E-state index contributed by atoms with van der Waals surface area (Å²) in [6, 6.07) is 7.62. The fraction of sp³-hybridized carbons (Fsp3) is 0.575. The van der Waals surface area contributed by atoms with Crippen LogP contribution in [0.1, 0.15) is 64.4 Å². The van der Waals surface area contributed by atoms with Gasteiger partial charge in [-0.2, -0.15) is 9.97 Å². The van der Waals surface area contributed by atoms with Crippen LogP contribution in [0.5, 0.6) is 11.8 Å². The number of benzene rings is 2. The van der Waals surface area contributed by atoms with Crippen LogP contribution < -0.4 is 14.4 Å². The highest BCUT2D eigenvalue weighted by Gasteiger charge is 2.50. The maximum absolute atomic E-state index is 17.2. The third-order valence-electron chi connectivity index (χ3n) is 11.9. The maximum atomic E-state index is 17.2. The van der Waals surface area contributed by atoms with E-state index < -0.39 is 11.9 Å². The molecule has 1 aliphatic carbocycles. The van der Waals surface area contributed by atoms with Crippen LogP contribution in [0.2, 0.25) is 0 Å². The van der Waals surface area contributed by atoms with Crippen LogP contribution in [-0.4, -0.2) is 102 Å². The molecule has 0 bridgehead atoms. The second-order valence-electron chi connectivity index (χ2n) is 15.1. The lowest BCUT2D eigenvalue weighted by Crippen LogP contribution is -2.57. The number of hydrogen-bond acceptors (Lipinski definition) is 10. The van der Waals surface area contributed by atoms with E-state index in [1.54, 1.807) is 25.4 Å². The molecule has 8 rings (SSSR count). The minimum atomic E-state index is -0.751. The van der Waals surface area contributed by atoms with E-state index in [9.17, 15) is 5.11 Å². The standard InChI is InChI=1S/C40H49F2N5O5/c1-4-29-32(41)9-8-25-18-28(49-3)19-30(34(25)29)36-35(42)37-31(20-43-36)38(46-14-16-50-22-27(48)21-46)45-39(44-37)52-23-40-11-5-7-33(40)47(13-6-12-40)26-10-15-51-24(2)17-26/h8-9,18-20,24,26-27,33,48H,4-7,10-17,21-23H2,1-3H3. The third-order valence-corrected chi connectivity index (χ3v) is 11.9. The molecule has 278 valence electrons. The van der Waals surface area contributed by atoms with Gasteiger partial charge in [-0.15, -0.1) is 0 Å². The van der Waals surface area contributed by atoms with Crippen molar-refractivity contribution < 1.29 is 32.8 Å². The summed E-state index contributed by atoms with van der Waals surface area (Å²) < 4.78 is 56.1. The lowest BCUT2D eigenvalue weighted by atomic mass is 9.74. The van der Waals surface area contributed by atoms with E-state index in [0.29, 0.717) is 71.7 Å². The van der Waals surface area contributed by atoms with Crippen molar-refractivity contribution in [1.82, 2.24) is 19.9 Å². The Labute approximate surface area is 303 Å². The number of piperidine rings is 1. The van der Waals surface area contributed by atoms with Crippen molar-refractivity contribution in [3.05, 3.63) is 47.7 Å². The molecule has 2 aromatic heterocycles. The van der Waals surface area contributed by atoms with Gasteiger partial charge in [0.25, 0.3) is 0 Å². The summed E-state index contributed by atoms with van der Waals surface area (Å²) in [6.07, 6.45) is 9.06. The first-order valence-electron chi connectivity index (χ1n) is 18.9. The molecule has 3 saturated heterocycles. The average molecular weight is 718 g/mol. The van der Waals surface area contributed by atoms with E-state index in [4.69, 9.17) is 28.9 Å². The Morgan fingerprint density at radius 1 is 1.08 bits per heavy atom. The quantitative estimate of drug-likeness (QED) is 0.218. The van der Waals surface area contributed by atoms with E-state index in [-0.39, 0.29) is 47.7 Å². The van der Waals surface area contributed by atoms with Gasteiger partial charge in [-0.25, -0.2) is 8.78 Å². The molecular formula is C40H49F2N5O5. The van der Waals surface area contributed by atoms with Crippen molar-refractivity contribution in [2.75, 3.05) is 58.1 Å². The lowest BCUT2D eigenvalue weighted by Gasteiger charge is -2.50. The SMILES string of the molecule is CCc1c(F)ccc2cc(OC)cc(-c3ncc4c(N5CCOCC(O)C5)nc(OCC56CCCC5N(C5CCOC(C)C5)CCC6)nc4c3F)c12. The summed E-state index contributed by atoms with van der Waals surface area (Å²) in [5.41, 5.74) is 0.937. The van der Waals surface area contributed by atoms with Crippen LogP contribution in [0.3, 0.4) is 0 Å². The molecule has 1 saturated carbocycles. The molecule has 0 radical (unpaired) electrons. The molecule has 5 atom stereocenters. The number of anilines is 1. The Hall–Kier alpha value is -3.71. The van der Waals surface area contributed by atoms with Crippen molar-refractivity contribution >= 4 is 27.5 Å². The van der Waals surface area contributed by atoms with Gasteiger partial charge in [-0.05, 0) is 92.9 Å². The Morgan fingerprint density at radius 3 is 2.77 bits per heavy atom. The minimum Gasteiger partial charge on any atom is -0.497 e. The highest BCUT2D eigenvalue weighted by molar-refractivity contribution is 6.01. The van der Waals surface area contributed by atoms with Gasteiger partial charge in [0.15, 0.2) is 5.82 Å². The molecule has 4 fully saturated rings. The first kappa shape index (κ1) is 35.3. The number of aromatic nitrogens is 3. The number of aliphatic hydroxyl groups excluding tert-OH is 1. The van der Waals surface area contributed by atoms with Crippen molar-refractivity contribution in [1.29, 1.82) is 0 Å². The van der Waals surface area contributed by atoms with E-state index in [1.807, 2.05) is 17.9 Å². The minimum absolute atomic E-state index is 0.0367. The van der Waals surface area contributed by atoms with Gasteiger partial charge >= 0.3 is 6.01 Å². The van der Waals surface area contributed by atoms with Gasteiger partial charge < -0.3 is 29.0 Å². The van der Waals surface area contributed by atoms with Crippen LogP contribution in [0.15, 0.2) is 30.5 Å². The first-order valence-corrected chi connectivity index (χ1v) is 18.9. The molecule has 1 N–H and O–H groups in total. The second kappa shape index (κ2) is 14.6. The van der Waals surface area contributed by atoms with Crippen LogP contribution >= 0.6 is 0 Å². The molecular weight excluding hydrogens is 668 g/mol. The molecule has 10 nitrogen and oxygen atoms in total. The molecule has 2 aromatic carbocycles. The van der Waals surface area contributed by atoms with E-state index in [1.165, 1.54) is 6.07 Å². The van der Waals surface area contributed by atoms with Gasteiger partial charge in [-0.1, -0.05) is 19.4 Å². The predicted molar refractivity (Wildman–Crippen MR) is 195 cm³/mol. The lowest BCUT2D eigenvalue weighted by molar-refractivity contribution is -0.0701. The summed E-state index contributed by atoms with van der Waals surface area (Å²) in [5, 5.41) is 12.4. The third kappa shape index (κ3) is 6.45. The van der Waals surface area contributed by atoms with Gasteiger partial charge in [0.05, 0.1) is 44.5 Å². The molecule has 5 heterocycles. The number of fused-ring (bicyclic) bond motifs is 3. The molecule has 12 heteroatoms. The zero-order chi connectivity index (χ0) is 36.0. The number of β-amino-alcohol motifs (C(OH)–C–C–N with tert-alkyl or cyclic N) is 1. The van der Waals surface area contributed by atoms with Crippen LogP contribution in [-0.2, 0) is 15.9 Å². The number of likely N-dealkylation sites (tertiary alicyclic amines) is 1. The Balaban J connectivity index is 1.21. The smallest absolute Gasteiger partial charge is 0.319 e. The van der Waals surface area contributed by atoms with Crippen LogP contribution in [0.25, 0.3) is 32.9 Å². The van der Waals surface area contributed by atoms with Crippen LogP contribution in [0, 0.1) is 17.0 Å².